The molecule has 2 rings (SSSR count). The van der Waals surface area contributed by atoms with Gasteiger partial charge in [-0.25, -0.2) is 0 Å². The Labute approximate surface area is 110 Å². The highest BCUT2D eigenvalue weighted by molar-refractivity contribution is 5.54. The van der Waals surface area contributed by atoms with Crippen LogP contribution >= 0.6 is 0 Å². The Morgan fingerprint density at radius 3 is 3.11 bits per heavy atom. The van der Waals surface area contributed by atoms with Crippen molar-refractivity contribution in [2.24, 2.45) is 0 Å². The van der Waals surface area contributed by atoms with E-state index in [4.69, 9.17) is 6.42 Å². The number of terminal acetylenes is 1. The maximum absolute atomic E-state index is 5.42. The van der Waals surface area contributed by atoms with Crippen molar-refractivity contribution in [3.8, 4) is 12.3 Å². The van der Waals surface area contributed by atoms with Crippen LogP contribution in [0.1, 0.15) is 30.9 Å². The predicted molar refractivity (Wildman–Crippen MR) is 77.7 cm³/mol. The molecule has 1 aliphatic rings. The van der Waals surface area contributed by atoms with Crippen LogP contribution in [-0.4, -0.2) is 24.5 Å². The normalized spacial score (nSPS) is 13.8. The zero-order valence-electron chi connectivity index (χ0n) is 11.2. The Morgan fingerprint density at radius 1 is 1.44 bits per heavy atom. The Kier molecular flexibility index (Phi) is 4.66. The van der Waals surface area contributed by atoms with E-state index in [1.54, 1.807) is 0 Å². The minimum absolute atomic E-state index is 0.739. The molecule has 0 amide bonds. The fraction of sp³-hybridized carbons (Fsp3) is 0.500. The van der Waals surface area contributed by atoms with Crippen molar-refractivity contribution in [2.75, 3.05) is 25.0 Å². The van der Waals surface area contributed by atoms with Crippen LogP contribution in [0.5, 0.6) is 0 Å². The van der Waals surface area contributed by atoms with Crippen LogP contribution < -0.4 is 5.32 Å². The van der Waals surface area contributed by atoms with E-state index >= 15 is 0 Å². The van der Waals surface area contributed by atoms with Crippen molar-refractivity contribution in [1.29, 1.82) is 0 Å². The molecule has 2 heteroatoms. The first kappa shape index (κ1) is 13.0. The van der Waals surface area contributed by atoms with Gasteiger partial charge in [0.2, 0.25) is 0 Å². The zero-order chi connectivity index (χ0) is 12.8. The molecule has 1 aromatic rings. The number of anilines is 1. The van der Waals surface area contributed by atoms with Crippen LogP contribution in [0.25, 0.3) is 0 Å². The summed E-state index contributed by atoms with van der Waals surface area (Å²) in [7, 11) is 0. The quantitative estimate of drug-likeness (QED) is 0.799. The fourth-order valence-corrected chi connectivity index (χ4v) is 2.54. The lowest BCUT2D eigenvalue weighted by Gasteiger charge is -2.22. The van der Waals surface area contributed by atoms with Crippen LogP contribution in [0, 0.1) is 12.3 Å². The molecule has 1 aromatic carbocycles. The summed E-state index contributed by atoms with van der Waals surface area (Å²) in [5.41, 5.74) is 4.14. The Balaban J connectivity index is 2.06. The summed E-state index contributed by atoms with van der Waals surface area (Å²) in [6, 6.07) is 6.76. The summed E-state index contributed by atoms with van der Waals surface area (Å²) in [5.74, 6) is 2.75. The van der Waals surface area contributed by atoms with E-state index in [9.17, 15) is 0 Å². The first-order valence-corrected chi connectivity index (χ1v) is 6.85. The second-order valence-corrected chi connectivity index (χ2v) is 4.94. The average molecular weight is 242 g/mol. The first-order chi connectivity index (χ1) is 8.83. The third kappa shape index (κ3) is 3.27. The van der Waals surface area contributed by atoms with Crippen LogP contribution in [0.4, 0.5) is 5.69 Å². The largest absolute Gasteiger partial charge is 0.385 e. The van der Waals surface area contributed by atoms with E-state index in [2.05, 4.69) is 41.3 Å². The standard InChI is InChI=1S/C16H22N2/c1-3-10-18(11-4-2)13-14-7-8-16-15(12-14)6-5-9-17-16/h1,7-8,12,17H,4-6,9-11,13H2,2H3. The van der Waals surface area contributed by atoms with Gasteiger partial charge in [-0.15, -0.1) is 6.42 Å². The van der Waals surface area contributed by atoms with Crippen LogP contribution in [-0.2, 0) is 13.0 Å². The van der Waals surface area contributed by atoms with Crippen LogP contribution in [0.15, 0.2) is 18.2 Å². The van der Waals surface area contributed by atoms with Gasteiger partial charge in [-0.3, -0.25) is 4.90 Å². The van der Waals surface area contributed by atoms with Crippen molar-refractivity contribution < 1.29 is 0 Å². The molecule has 0 saturated heterocycles. The fourth-order valence-electron chi connectivity index (χ4n) is 2.54. The van der Waals surface area contributed by atoms with E-state index in [1.807, 2.05) is 0 Å². The zero-order valence-corrected chi connectivity index (χ0v) is 11.2. The highest BCUT2D eigenvalue weighted by atomic mass is 15.1. The number of nitrogens with zero attached hydrogens (tertiary/aromatic N) is 1. The summed E-state index contributed by atoms with van der Waals surface area (Å²) in [6.07, 6.45) is 9.00. The summed E-state index contributed by atoms with van der Waals surface area (Å²) < 4.78 is 0. The topological polar surface area (TPSA) is 15.3 Å². The second-order valence-electron chi connectivity index (χ2n) is 4.94. The Bertz CT molecular complexity index is 431. The lowest BCUT2D eigenvalue weighted by Crippen LogP contribution is -2.24. The molecule has 0 spiro atoms. The van der Waals surface area contributed by atoms with Gasteiger partial charge < -0.3 is 5.32 Å². The van der Waals surface area contributed by atoms with E-state index in [1.165, 1.54) is 29.7 Å². The van der Waals surface area contributed by atoms with Crippen LogP contribution in [0.3, 0.4) is 0 Å². The van der Waals surface area contributed by atoms with Gasteiger partial charge in [0.1, 0.15) is 0 Å². The maximum atomic E-state index is 5.42. The molecule has 1 aliphatic heterocycles. The summed E-state index contributed by atoms with van der Waals surface area (Å²) in [6.45, 7) is 6.07. The number of benzene rings is 1. The molecule has 0 aromatic heterocycles. The maximum Gasteiger partial charge on any atom is 0.0601 e. The molecule has 1 N–H and O–H groups in total. The minimum atomic E-state index is 0.739. The lowest BCUT2D eigenvalue weighted by molar-refractivity contribution is 0.299. The Morgan fingerprint density at radius 2 is 2.33 bits per heavy atom. The molecule has 2 nitrogen and oxygen atoms in total. The van der Waals surface area contributed by atoms with Gasteiger partial charge in [-0.2, -0.15) is 0 Å². The lowest BCUT2D eigenvalue weighted by atomic mass is 10.0. The van der Waals surface area contributed by atoms with E-state index in [0.29, 0.717) is 0 Å². The van der Waals surface area contributed by atoms with Crippen LogP contribution in [0.2, 0.25) is 0 Å². The van der Waals surface area contributed by atoms with E-state index in [-0.39, 0.29) is 0 Å². The number of rotatable bonds is 5. The Hall–Kier alpha value is -1.46. The molecule has 18 heavy (non-hydrogen) atoms. The van der Waals surface area contributed by atoms with Gasteiger partial charge in [0.05, 0.1) is 6.54 Å². The second kappa shape index (κ2) is 6.47. The molecule has 0 saturated carbocycles. The van der Waals surface area contributed by atoms with Gasteiger partial charge in [0, 0.05) is 18.8 Å². The third-order valence-corrected chi connectivity index (χ3v) is 3.37. The molecular formula is C16H22N2. The molecule has 0 atom stereocenters. The van der Waals surface area contributed by atoms with Gasteiger partial charge >= 0.3 is 0 Å². The summed E-state index contributed by atoms with van der Waals surface area (Å²) in [4.78, 5) is 2.33. The highest BCUT2D eigenvalue weighted by Gasteiger charge is 2.10. The van der Waals surface area contributed by atoms with Crippen molar-refractivity contribution in [3.05, 3.63) is 29.3 Å². The number of nitrogens with one attached hydrogen (secondary N) is 1. The van der Waals surface area contributed by atoms with Crippen molar-refractivity contribution in [2.45, 2.75) is 32.7 Å². The molecule has 1 heterocycles. The van der Waals surface area contributed by atoms with E-state index in [0.717, 1.165) is 32.6 Å². The molecule has 96 valence electrons. The van der Waals surface area contributed by atoms with Gasteiger partial charge in [-0.05, 0) is 43.0 Å². The highest BCUT2D eigenvalue weighted by Crippen LogP contribution is 2.23. The first-order valence-electron chi connectivity index (χ1n) is 6.85. The number of aryl methyl sites for hydroxylation is 1. The van der Waals surface area contributed by atoms with Crippen molar-refractivity contribution >= 4 is 5.69 Å². The molecule has 0 radical (unpaired) electrons. The van der Waals surface area contributed by atoms with Gasteiger partial charge in [0.25, 0.3) is 0 Å². The summed E-state index contributed by atoms with van der Waals surface area (Å²) in [5, 5.41) is 3.45. The summed E-state index contributed by atoms with van der Waals surface area (Å²) >= 11 is 0. The van der Waals surface area contributed by atoms with Gasteiger partial charge in [-0.1, -0.05) is 25.0 Å². The molecule has 0 fully saturated rings. The molecule has 0 aliphatic carbocycles. The number of hydrogen-bond donors (Lipinski definition) is 1. The van der Waals surface area contributed by atoms with E-state index < -0.39 is 0 Å². The molecular weight excluding hydrogens is 220 g/mol. The minimum Gasteiger partial charge on any atom is -0.385 e. The molecule has 0 unspecified atom stereocenters. The predicted octanol–water partition coefficient (Wildman–Crippen LogP) is 2.89. The number of hydrogen-bond acceptors (Lipinski definition) is 2. The van der Waals surface area contributed by atoms with Crippen molar-refractivity contribution in [3.63, 3.8) is 0 Å². The van der Waals surface area contributed by atoms with Crippen molar-refractivity contribution in [1.82, 2.24) is 4.90 Å². The molecule has 0 bridgehead atoms. The number of fused-ring (bicyclic) bond motifs is 1. The third-order valence-electron chi connectivity index (χ3n) is 3.37. The SMILES string of the molecule is C#CCN(CCC)Cc1ccc2c(c1)CCCN2. The monoisotopic (exact) mass is 242 g/mol. The smallest absolute Gasteiger partial charge is 0.0601 e. The van der Waals surface area contributed by atoms with Gasteiger partial charge in [0.15, 0.2) is 0 Å². The average Bonchev–Trinajstić information content (AvgIpc) is 2.39.